The van der Waals surface area contributed by atoms with Crippen LogP contribution in [0, 0.1) is 0 Å². The highest BCUT2D eigenvalue weighted by atomic mass is 79.9. The number of aromatic nitrogens is 1. The zero-order valence-electron chi connectivity index (χ0n) is 10.3. The average Bonchev–Trinajstić information content (AvgIpc) is 2.39. The molecule has 0 atom stereocenters. The number of pyridine rings is 1. The maximum Gasteiger partial charge on any atom is 0.221 e. The number of nitrogens with one attached hydrogen (secondary N) is 2. The fourth-order valence-electron chi connectivity index (χ4n) is 1.68. The summed E-state index contributed by atoms with van der Waals surface area (Å²) in [5.74, 6) is 0.705. The van der Waals surface area contributed by atoms with E-state index in [0.717, 1.165) is 15.4 Å². The molecule has 1 aromatic heterocycles. The van der Waals surface area contributed by atoms with Gasteiger partial charge in [0.25, 0.3) is 0 Å². The molecule has 2 N–H and O–H groups in total. The molecule has 1 heterocycles. The molecule has 0 unspecified atom stereocenters. The van der Waals surface area contributed by atoms with Crippen LogP contribution in [0.1, 0.15) is 6.42 Å². The Labute approximate surface area is 124 Å². The lowest BCUT2D eigenvalue weighted by molar-refractivity contribution is -0.120. The molecular weight excluding hydrogens is 330 g/mol. The Hall–Kier alpha value is -1.33. The maximum absolute atomic E-state index is 11.1. The third-order valence-electron chi connectivity index (χ3n) is 2.65. The summed E-state index contributed by atoms with van der Waals surface area (Å²) in [6.45, 7) is 0.534. The minimum atomic E-state index is -0.00440. The Bertz CT molecular complexity index is 618. The van der Waals surface area contributed by atoms with Crippen LogP contribution in [0.25, 0.3) is 10.9 Å². The second-order valence-corrected chi connectivity index (χ2v) is 5.33. The molecule has 100 valence electrons. The molecule has 1 aromatic carbocycles. The maximum atomic E-state index is 11.1. The van der Waals surface area contributed by atoms with Gasteiger partial charge in [0.1, 0.15) is 5.82 Å². The predicted molar refractivity (Wildman–Crippen MR) is 81.6 cm³/mol. The molecule has 1 amide bonds. The number of fused-ring (bicyclic) bond motifs is 1. The standard InChI is InChI=1S/C13H13BrClN3O/c1-16-12(19)4-5-17-11-3-2-8-6-9(14)7-10(15)13(8)18-11/h2-3,6-7H,4-5H2,1H3,(H,16,19)(H,17,18). The van der Waals surface area contributed by atoms with Gasteiger partial charge in [-0.3, -0.25) is 4.79 Å². The van der Waals surface area contributed by atoms with Crippen molar-refractivity contribution in [3.63, 3.8) is 0 Å². The quantitative estimate of drug-likeness (QED) is 0.897. The Kier molecular flexibility index (Phi) is 4.61. The summed E-state index contributed by atoms with van der Waals surface area (Å²) in [5.41, 5.74) is 0.745. The number of rotatable bonds is 4. The van der Waals surface area contributed by atoms with E-state index in [4.69, 9.17) is 11.6 Å². The minimum Gasteiger partial charge on any atom is -0.370 e. The lowest BCUT2D eigenvalue weighted by Gasteiger charge is -2.07. The van der Waals surface area contributed by atoms with Crippen molar-refractivity contribution in [1.29, 1.82) is 0 Å². The van der Waals surface area contributed by atoms with Gasteiger partial charge in [-0.05, 0) is 24.3 Å². The topological polar surface area (TPSA) is 54.0 Å². The molecule has 2 rings (SSSR count). The van der Waals surface area contributed by atoms with Crippen molar-refractivity contribution < 1.29 is 4.79 Å². The van der Waals surface area contributed by atoms with E-state index in [0.29, 0.717) is 23.8 Å². The van der Waals surface area contributed by atoms with Crippen molar-refractivity contribution in [3.05, 3.63) is 33.8 Å². The van der Waals surface area contributed by atoms with Gasteiger partial charge in [0, 0.05) is 29.9 Å². The van der Waals surface area contributed by atoms with E-state index < -0.39 is 0 Å². The van der Waals surface area contributed by atoms with Crippen LogP contribution in [0.2, 0.25) is 5.02 Å². The molecule has 0 aliphatic heterocycles. The van der Waals surface area contributed by atoms with Gasteiger partial charge in [-0.2, -0.15) is 0 Å². The molecule has 0 radical (unpaired) electrons. The normalized spacial score (nSPS) is 10.5. The van der Waals surface area contributed by atoms with Crippen LogP contribution in [0.3, 0.4) is 0 Å². The first-order chi connectivity index (χ1) is 9.10. The van der Waals surface area contributed by atoms with E-state index in [-0.39, 0.29) is 5.91 Å². The van der Waals surface area contributed by atoms with Gasteiger partial charge in [-0.15, -0.1) is 0 Å². The summed E-state index contributed by atoms with van der Waals surface area (Å²) >= 11 is 9.55. The highest BCUT2D eigenvalue weighted by Crippen LogP contribution is 2.27. The SMILES string of the molecule is CNC(=O)CCNc1ccc2cc(Br)cc(Cl)c2n1. The van der Waals surface area contributed by atoms with Gasteiger partial charge < -0.3 is 10.6 Å². The molecule has 0 aliphatic carbocycles. The molecule has 2 aromatic rings. The summed E-state index contributed by atoms with van der Waals surface area (Å²) in [6.07, 6.45) is 0.407. The minimum absolute atomic E-state index is 0.00440. The molecule has 19 heavy (non-hydrogen) atoms. The number of halogens is 2. The summed E-state index contributed by atoms with van der Waals surface area (Å²) in [5, 5.41) is 7.24. The van der Waals surface area contributed by atoms with Crippen LogP contribution in [0.4, 0.5) is 5.82 Å². The van der Waals surface area contributed by atoms with Crippen molar-refractivity contribution in [3.8, 4) is 0 Å². The van der Waals surface area contributed by atoms with Crippen molar-refractivity contribution in [2.24, 2.45) is 0 Å². The Balaban J connectivity index is 2.15. The molecule has 0 saturated heterocycles. The number of benzene rings is 1. The first-order valence-corrected chi connectivity index (χ1v) is 6.97. The second kappa shape index (κ2) is 6.21. The number of nitrogens with zero attached hydrogens (tertiary/aromatic N) is 1. The first-order valence-electron chi connectivity index (χ1n) is 5.80. The van der Waals surface area contributed by atoms with Crippen LogP contribution in [0.5, 0.6) is 0 Å². The predicted octanol–water partition coefficient (Wildman–Crippen LogP) is 3.20. The molecular formula is C13H13BrClN3O. The van der Waals surface area contributed by atoms with Gasteiger partial charge in [-0.1, -0.05) is 27.5 Å². The van der Waals surface area contributed by atoms with Crippen LogP contribution in [-0.2, 0) is 4.79 Å². The lowest BCUT2D eigenvalue weighted by Crippen LogP contribution is -2.20. The molecule has 0 aliphatic rings. The van der Waals surface area contributed by atoms with Crippen molar-refractivity contribution in [2.75, 3.05) is 18.9 Å². The number of amides is 1. The van der Waals surface area contributed by atoms with Crippen LogP contribution < -0.4 is 10.6 Å². The Morgan fingerprint density at radius 1 is 1.42 bits per heavy atom. The van der Waals surface area contributed by atoms with Gasteiger partial charge >= 0.3 is 0 Å². The van der Waals surface area contributed by atoms with E-state index in [1.165, 1.54) is 0 Å². The molecule has 0 fully saturated rings. The highest BCUT2D eigenvalue weighted by molar-refractivity contribution is 9.10. The highest BCUT2D eigenvalue weighted by Gasteiger charge is 2.05. The molecule has 6 heteroatoms. The lowest BCUT2D eigenvalue weighted by atomic mass is 10.2. The molecule has 0 spiro atoms. The van der Waals surface area contributed by atoms with E-state index in [2.05, 4.69) is 31.5 Å². The van der Waals surface area contributed by atoms with E-state index in [9.17, 15) is 4.79 Å². The van der Waals surface area contributed by atoms with Crippen molar-refractivity contribution in [2.45, 2.75) is 6.42 Å². The van der Waals surface area contributed by atoms with E-state index in [1.54, 1.807) is 7.05 Å². The van der Waals surface area contributed by atoms with Gasteiger partial charge in [-0.25, -0.2) is 4.98 Å². The van der Waals surface area contributed by atoms with Crippen molar-refractivity contribution >= 4 is 50.2 Å². The average molecular weight is 343 g/mol. The second-order valence-electron chi connectivity index (χ2n) is 4.01. The molecule has 4 nitrogen and oxygen atoms in total. The number of carbonyl (C=O) groups is 1. The zero-order chi connectivity index (χ0) is 13.8. The summed E-state index contributed by atoms with van der Waals surface area (Å²) in [7, 11) is 1.62. The summed E-state index contributed by atoms with van der Waals surface area (Å²) in [4.78, 5) is 15.6. The van der Waals surface area contributed by atoms with Gasteiger partial charge in [0.15, 0.2) is 0 Å². The van der Waals surface area contributed by atoms with Gasteiger partial charge in [0.05, 0.1) is 10.5 Å². The molecule has 0 saturated carbocycles. The monoisotopic (exact) mass is 341 g/mol. The fraction of sp³-hybridized carbons (Fsp3) is 0.231. The van der Waals surface area contributed by atoms with E-state index >= 15 is 0 Å². The first kappa shape index (κ1) is 14.1. The van der Waals surface area contributed by atoms with Crippen molar-refractivity contribution in [1.82, 2.24) is 10.3 Å². The number of carbonyl (C=O) groups excluding carboxylic acids is 1. The fourth-order valence-corrected chi connectivity index (χ4v) is 2.56. The Morgan fingerprint density at radius 2 is 2.21 bits per heavy atom. The number of anilines is 1. The van der Waals surface area contributed by atoms with E-state index in [1.807, 2.05) is 24.3 Å². The molecule has 0 bridgehead atoms. The van der Waals surface area contributed by atoms with Crippen LogP contribution in [0.15, 0.2) is 28.7 Å². The van der Waals surface area contributed by atoms with Crippen LogP contribution in [-0.4, -0.2) is 24.5 Å². The smallest absolute Gasteiger partial charge is 0.221 e. The van der Waals surface area contributed by atoms with Gasteiger partial charge in [0.2, 0.25) is 5.91 Å². The third-order valence-corrected chi connectivity index (χ3v) is 3.39. The summed E-state index contributed by atoms with van der Waals surface area (Å²) < 4.78 is 0.923. The largest absolute Gasteiger partial charge is 0.370 e. The number of hydrogen-bond donors (Lipinski definition) is 2. The Morgan fingerprint density at radius 3 is 2.95 bits per heavy atom. The third kappa shape index (κ3) is 3.58. The summed E-state index contributed by atoms with van der Waals surface area (Å²) in [6, 6.07) is 7.59. The zero-order valence-corrected chi connectivity index (χ0v) is 12.7. The number of hydrogen-bond acceptors (Lipinski definition) is 3. The van der Waals surface area contributed by atoms with Crippen LogP contribution >= 0.6 is 27.5 Å².